The largest absolute Gasteiger partial charge is 0.407 e. The Morgan fingerprint density at radius 2 is 0.879 bits per heavy atom. The second kappa shape index (κ2) is 35.8. The SMILES string of the molecule is CCCCC/C=C\C/C=C\CCCCCCCCC(CCCCCCCCCCCCCCCC)NCCCCO[Si](c1ccccc1)(c1ccccc1)C(C)(C)C. The molecule has 2 rings (SSSR count). The lowest BCUT2D eigenvalue weighted by Crippen LogP contribution is -2.66. The molecule has 2 nitrogen and oxygen atoms in total. The fourth-order valence-corrected chi connectivity index (χ4v) is 13.4. The average molecular weight is 814 g/mol. The van der Waals surface area contributed by atoms with Crippen LogP contribution in [0, 0.1) is 0 Å². The lowest BCUT2D eigenvalue weighted by Gasteiger charge is -2.43. The summed E-state index contributed by atoms with van der Waals surface area (Å²) in [6.07, 6.45) is 50.4. The first-order chi connectivity index (χ1) is 28.5. The summed E-state index contributed by atoms with van der Waals surface area (Å²) in [5, 5.41) is 6.85. The molecule has 0 heterocycles. The Labute approximate surface area is 363 Å². The minimum atomic E-state index is -2.45. The highest BCUT2D eigenvalue weighted by Crippen LogP contribution is 2.36. The van der Waals surface area contributed by atoms with Gasteiger partial charge in [-0.15, -0.1) is 0 Å². The molecule has 2 aromatic rings. The van der Waals surface area contributed by atoms with Gasteiger partial charge in [-0.05, 0) is 79.7 Å². The standard InChI is InChI=1S/C55H95NOSi/c1-6-8-10-12-14-16-18-20-22-23-25-27-29-31-33-37-45-52(44-36-32-30-28-26-24-21-19-17-15-13-11-9-7-2)56-50-42-43-51-57-58(55(3,4)5,53-46-38-34-39-47-53)54-48-40-35-41-49-54/h14,16,20,22,34-35,38-41,46-49,52,56H,6-13,15,17-19,21,23-33,36-37,42-45,50-51H2,1-5H3/b16-14-,22-20-. The molecule has 0 fully saturated rings. The van der Waals surface area contributed by atoms with Crippen LogP contribution in [-0.2, 0) is 4.43 Å². The lowest BCUT2D eigenvalue weighted by molar-refractivity contribution is 0.285. The van der Waals surface area contributed by atoms with Crippen LogP contribution < -0.4 is 15.7 Å². The van der Waals surface area contributed by atoms with Crippen molar-refractivity contribution >= 4 is 18.7 Å². The van der Waals surface area contributed by atoms with Crippen molar-refractivity contribution in [3.63, 3.8) is 0 Å². The zero-order valence-electron chi connectivity index (χ0n) is 39.2. The van der Waals surface area contributed by atoms with Crippen LogP contribution in [0.15, 0.2) is 85.0 Å². The number of benzene rings is 2. The van der Waals surface area contributed by atoms with Gasteiger partial charge in [0.15, 0.2) is 0 Å². The molecule has 58 heavy (non-hydrogen) atoms. The maximum absolute atomic E-state index is 7.20. The summed E-state index contributed by atoms with van der Waals surface area (Å²) in [6, 6.07) is 22.9. The van der Waals surface area contributed by atoms with Gasteiger partial charge >= 0.3 is 0 Å². The van der Waals surface area contributed by atoms with Crippen molar-refractivity contribution in [2.45, 2.75) is 238 Å². The van der Waals surface area contributed by atoms with Gasteiger partial charge in [-0.3, -0.25) is 0 Å². The normalized spacial score (nSPS) is 13.0. The Kier molecular flexibility index (Phi) is 32.2. The highest BCUT2D eigenvalue weighted by molar-refractivity contribution is 6.99. The van der Waals surface area contributed by atoms with Gasteiger partial charge in [0.05, 0.1) is 0 Å². The van der Waals surface area contributed by atoms with E-state index in [2.05, 4.69) is 125 Å². The summed E-state index contributed by atoms with van der Waals surface area (Å²) in [5.41, 5.74) is 0. The van der Waals surface area contributed by atoms with Crippen molar-refractivity contribution < 1.29 is 4.43 Å². The predicted molar refractivity (Wildman–Crippen MR) is 264 cm³/mol. The Morgan fingerprint density at radius 1 is 0.483 bits per heavy atom. The topological polar surface area (TPSA) is 21.3 Å². The summed E-state index contributed by atoms with van der Waals surface area (Å²) in [6.45, 7) is 13.7. The third-order valence-electron chi connectivity index (χ3n) is 12.4. The summed E-state index contributed by atoms with van der Waals surface area (Å²) in [7, 11) is -2.45. The van der Waals surface area contributed by atoms with Crippen LogP contribution in [-0.4, -0.2) is 27.5 Å². The van der Waals surface area contributed by atoms with Crippen molar-refractivity contribution in [3.8, 4) is 0 Å². The van der Waals surface area contributed by atoms with Gasteiger partial charge in [0.25, 0.3) is 8.32 Å². The van der Waals surface area contributed by atoms with E-state index in [1.807, 2.05) is 0 Å². The first kappa shape index (κ1) is 52.2. The lowest BCUT2D eigenvalue weighted by atomic mass is 9.99. The van der Waals surface area contributed by atoms with E-state index in [9.17, 15) is 0 Å². The minimum Gasteiger partial charge on any atom is -0.407 e. The Hall–Kier alpha value is -1.94. The van der Waals surface area contributed by atoms with Gasteiger partial charge in [0, 0.05) is 12.6 Å². The van der Waals surface area contributed by atoms with Crippen molar-refractivity contribution in [2.75, 3.05) is 13.2 Å². The quantitative estimate of drug-likeness (QED) is 0.0412. The Bertz CT molecular complexity index is 1180. The van der Waals surface area contributed by atoms with Gasteiger partial charge < -0.3 is 9.74 Å². The van der Waals surface area contributed by atoms with Crippen molar-refractivity contribution in [3.05, 3.63) is 85.0 Å². The van der Waals surface area contributed by atoms with Crippen LogP contribution in [0.2, 0.25) is 5.04 Å². The molecule has 0 radical (unpaired) electrons. The van der Waals surface area contributed by atoms with Crippen LogP contribution >= 0.6 is 0 Å². The first-order valence-corrected chi connectivity index (χ1v) is 27.1. The molecule has 0 aliphatic carbocycles. The van der Waals surface area contributed by atoms with Gasteiger partial charge in [-0.25, -0.2) is 0 Å². The summed E-state index contributed by atoms with van der Waals surface area (Å²) in [4.78, 5) is 0. The first-order valence-electron chi connectivity index (χ1n) is 25.2. The summed E-state index contributed by atoms with van der Waals surface area (Å²) in [5.74, 6) is 0. The van der Waals surface area contributed by atoms with E-state index in [1.54, 1.807) is 0 Å². The average Bonchev–Trinajstić information content (AvgIpc) is 3.23. The minimum absolute atomic E-state index is 0.0361. The van der Waals surface area contributed by atoms with E-state index in [0.29, 0.717) is 6.04 Å². The molecule has 330 valence electrons. The van der Waals surface area contributed by atoms with Gasteiger partial charge in [-0.1, -0.05) is 254 Å². The molecule has 0 spiro atoms. The zero-order valence-corrected chi connectivity index (χ0v) is 40.2. The molecule has 0 saturated heterocycles. The number of allylic oxidation sites excluding steroid dienone is 4. The van der Waals surface area contributed by atoms with E-state index in [0.717, 1.165) is 26.0 Å². The van der Waals surface area contributed by atoms with Crippen LogP contribution in [0.3, 0.4) is 0 Å². The molecule has 1 atom stereocenters. The molecule has 0 bridgehead atoms. The predicted octanol–water partition coefficient (Wildman–Crippen LogP) is 16.4. The maximum atomic E-state index is 7.20. The smallest absolute Gasteiger partial charge is 0.261 e. The molecule has 1 unspecified atom stereocenters. The molecule has 0 saturated carbocycles. The maximum Gasteiger partial charge on any atom is 0.261 e. The van der Waals surface area contributed by atoms with Crippen LogP contribution in [0.4, 0.5) is 0 Å². The summed E-state index contributed by atoms with van der Waals surface area (Å²) >= 11 is 0. The van der Waals surface area contributed by atoms with Crippen LogP contribution in [0.5, 0.6) is 0 Å². The number of nitrogens with one attached hydrogen (secondary N) is 1. The van der Waals surface area contributed by atoms with Crippen molar-refractivity contribution in [1.29, 1.82) is 0 Å². The van der Waals surface area contributed by atoms with Gasteiger partial charge in [-0.2, -0.15) is 0 Å². The molecule has 2 aromatic carbocycles. The number of hydrogen-bond acceptors (Lipinski definition) is 2. The fourth-order valence-electron chi connectivity index (χ4n) is 8.83. The number of unbranched alkanes of at least 4 members (excludes halogenated alkanes) is 23. The van der Waals surface area contributed by atoms with Gasteiger partial charge in [0.2, 0.25) is 0 Å². The third-order valence-corrected chi connectivity index (χ3v) is 17.4. The van der Waals surface area contributed by atoms with E-state index in [4.69, 9.17) is 4.43 Å². The molecule has 1 N–H and O–H groups in total. The van der Waals surface area contributed by atoms with E-state index in [1.165, 1.54) is 190 Å². The second-order valence-electron chi connectivity index (χ2n) is 18.6. The van der Waals surface area contributed by atoms with E-state index in [-0.39, 0.29) is 5.04 Å². The van der Waals surface area contributed by atoms with Crippen molar-refractivity contribution in [2.24, 2.45) is 0 Å². The highest BCUT2D eigenvalue weighted by Gasteiger charge is 2.49. The second-order valence-corrected chi connectivity index (χ2v) is 22.9. The zero-order chi connectivity index (χ0) is 41.7. The van der Waals surface area contributed by atoms with E-state index >= 15 is 0 Å². The van der Waals surface area contributed by atoms with E-state index < -0.39 is 8.32 Å². The number of hydrogen-bond donors (Lipinski definition) is 1. The molecule has 0 aliphatic heterocycles. The Morgan fingerprint density at radius 3 is 1.33 bits per heavy atom. The monoisotopic (exact) mass is 814 g/mol. The third kappa shape index (κ3) is 24.3. The number of rotatable bonds is 39. The molecule has 0 amide bonds. The van der Waals surface area contributed by atoms with Crippen LogP contribution in [0.1, 0.15) is 227 Å². The molecule has 0 aromatic heterocycles. The highest BCUT2D eigenvalue weighted by atomic mass is 28.4. The molecular formula is C55H95NOSi. The molecular weight excluding hydrogens is 719 g/mol. The Balaban J connectivity index is 1.73. The summed E-state index contributed by atoms with van der Waals surface area (Å²) < 4.78 is 7.20. The van der Waals surface area contributed by atoms with Crippen molar-refractivity contribution in [1.82, 2.24) is 5.32 Å². The molecule has 3 heteroatoms. The van der Waals surface area contributed by atoms with Gasteiger partial charge in [0.1, 0.15) is 0 Å². The van der Waals surface area contributed by atoms with Crippen LogP contribution in [0.25, 0.3) is 0 Å². The fraction of sp³-hybridized carbons (Fsp3) is 0.709. The molecule has 0 aliphatic rings.